The fourth-order valence-electron chi connectivity index (χ4n) is 2.74. The van der Waals surface area contributed by atoms with Crippen LogP contribution < -0.4 is 5.32 Å². The summed E-state index contributed by atoms with van der Waals surface area (Å²) >= 11 is 3.56. The van der Waals surface area contributed by atoms with Crippen LogP contribution in [-0.4, -0.2) is 30.6 Å². The summed E-state index contributed by atoms with van der Waals surface area (Å²) in [6.45, 7) is 9.23. The van der Waals surface area contributed by atoms with Gasteiger partial charge in [-0.25, -0.2) is 0 Å². The van der Waals surface area contributed by atoms with Crippen molar-refractivity contribution < 1.29 is 0 Å². The molecule has 1 fully saturated rings. The first-order chi connectivity index (χ1) is 9.15. The Hall–Kier alpha value is -0.0900. The Bertz CT molecular complexity index is 392. The van der Waals surface area contributed by atoms with Gasteiger partial charge in [-0.2, -0.15) is 0 Å². The van der Waals surface area contributed by atoms with E-state index in [-0.39, 0.29) is 12.4 Å². The highest BCUT2D eigenvalue weighted by molar-refractivity contribution is 9.10. The zero-order valence-corrected chi connectivity index (χ0v) is 14.8. The summed E-state index contributed by atoms with van der Waals surface area (Å²) in [5.74, 6) is 0.809. The van der Waals surface area contributed by atoms with Crippen molar-refractivity contribution in [3.8, 4) is 0 Å². The van der Waals surface area contributed by atoms with Crippen molar-refractivity contribution >= 4 is 28.3 Å². The van der Waals surface area contributed by atoms with Gasteiger partial charge in [-0.15, -0.1) is 12.4 Å². The van der Waals surface area contributed by atoms with Crippen molar-refractivity contribution in [1.82, 2.24) is 10.2 Å². The molecule has 0 bridgehead atoms. The van der Waals surface area contributed by atoms with Crippen molar-refractivity contribution in [1.29, 1.82) is 0 Å². The van der Waals surface area contributed by atoms with Crippen LogP contribution in [0.25, 0.3) is 0 Å². The molecule has 0 radical (unpaired) electrons. The van der Waals surface area contributed by atoms with Crippen LogP contribution >= 0.6 is 28.3 Å². The number of nitrogens with one attached hydrogen (secondary N) is 1. The van der Waals surface area contributed by atoms with Crippen molar-refractivity contribution in [2.45, 2.75) is 39.3 Å². The summed E-state index contributed by atoms with van der Waals surface area (Å²) in [6, 6.07) is 9.27. The first kappa shape index (κ1) is 18.0. The Morgan fingerprint density at radius 2 is 2.20 bits per heavy atom. The average molecular weight is 362 g/mol. The van der Waals surface area contributed by atoms with Crippen LogP contribution in [0, 0.1) is 5.92 Å². The summed E-state index contributed by atoms with van der Waals surface area (Å²) in [4.78, 5) is 2.60. The lowest BCUT2D eigenvalue weighted by Crippen LogP contribution is -2.40. The SMILES string of the molecule is CC(C)N(Cc1cccc(Br)c1)CC1CCCNC1.Cl. The molecule has 0 saturated carbocycles. The molecule has 2 rings (SSSR count). The van der Waals surface area contributed by atoms with E-state index >= 15 is 0 Å². The van der Waals surface area contributed by atoms with Gasteiger partial charge in [-0.05, 0) is 63.4 Å². The molecule has 1 aromatic carbocycles. The summed E-state index contributed by atoms with van der Waals surface area (Å²) in [7, 11) is 0. The second-order valence-corrected chi connectivity index (χ2v) is 6.78. The molecule has 0 aromatic heterocycles. The molecule has 1 aromatic rings. The maximum absolute atomic E-state index is 3.56. The van der Waals surface area contributed by atoms with Gasteiger partial charge in [0.1, 0.15) is 0 Å². The Balaban J connectivity index is 0.00000200. The molecular formula is C16H26BrClN2. The van der Waals surface area contributed by atoms with Gasteiger partial charge in [0.05, 0.1) is 0 Å². The number of halogens is 2. The van der Waals surface area contributed by atoms with Gasteiger partial charge in [0.25, 0.3) is 0 Å². The third kappa shape index (κ3) is 5.72. The van der Waals surface area contributed by atoms with Crippen LogP contribution in [0.3, 0.4) is 0 Å². The molecule has 1 aliphatic heterocycles. The minimum Gasteiger partial charge on any atom is -0.316 e. The zero-order chi connectivity index (χ0) is 13.7. The fraction of sp³-hybridized carbons (Fsp3) is 0.625. The normalized spacial score (nSPS) is 19.1. The van der Waals surface area contributed by atoms with E-state index < -0.39 is 0 Å². The zero-order valence-electron chi connectivity index (χ0n) is 12.4. The van der Waals surface area contributed by atoms with E-state index in [2.05, 4.69) is 64.3 Å². The first-order valence-electron chi connectivity index (χ1n) is 7.34. The highest BCUT2D eigenvalue weighted by Gasteiger charge is 2.19. The van der Waals surface area contributed by atoms with E-state index in [0.29, 0.717) is 6.04 Å². The summed E-state index contributed by atoms with van der Waals surface area (Å²) < 4.78 is 1.17. The van der Waals surface area contributed by atoms with E-state index in [4.69, 9.17) is 0 Å². The molecule has 20 heavy (non-hydrogen) atoms. The number of nitrogens with zero attached hydrogens (tertiary/aromatic N) is 1. The largest absolute Gasteiger partial charge is 0.316 e. The number of hydrogen-bond acceptors (Lipinski definition) is 2. The molecular weight excluding hydrogens is 336 g/mol. The van der Waals surface area contributed by atoms with E-state index in [9.17, 15) is 0 Å². The van der Waals surface area contributed by atoms with Gasteiger partial charge < -0.3 is 5.32 Å². The maximum atomic E-state index is 3.56. The number of piperidine rings is 1. The van der Waals surface area contributed by atoms with Gasteiger partial charge in [-0.3, -0.25) is 4.90 Å². The Morgan fingerprint density at radius 3 is 2.80 bits per heavy atom. The quantitative estimate of drug-likeness (QED) is 0.850. The van der Waals surface area contributed by atoms with Gasteiger partial charge in [0.15, 0.2) is 0 Å². The predicted octanol–water partition coefficient (Wildman–Crippen LogP) is 4.08. The molecule has 1 atom stereocenters. The second-order valence-electron chi connectivity index (χ2n) is 5.87. The number of rotatable bonds is 5. The van der Waals surface area contributed by atoms with Crippen molar-refractivity contribution in [2.24, 2.45) is 5.92 Å². The average Bonchev–Trinajstić information content (AvgIpc) is 2.39. The van der Waals surface area contributed by atoms with Gasteiger partial charge in [0.2, 0.25) is 0 Å². The second kappa shape index (κ2) is 9.04. The summed E-state index contributed by atoms with van der Waals surface area (Å²) in [5, 5.41) is 3.52. The number of hydrogen-bond donors (Lipinski definition) is 1. The molecule has 1 N–H and O–H groups in total. The summed E-state index contributed by atoms with van der Waals surface area (Å²) in [5.41, 5.74) is 1.40. The lowest BCUT2D eigenvalue weighted by Gasteiger charge is -2.32. The molecule has 1 heterocycles. The molecule has 4 heteroatoms. The van der Waals surface area contributed by atoms with Crippen LogP contribution in [-0.2, 0) is 6.54 Å². The molecule has 1 saturated heterocycles. The molecule has 0 amide bonds. The Labute approximate surface area is 137 Å². The van der Waals surface area contributed by atoms with E-state index in [1.54, 1.807) is 0 Å². The maximum Gasteiger partial charge on any atom is 0.0236 e. The lowest BCUT2D eigenvalue weighted by molar-refractivity contribution is 0.164. The first-order valence-corrected chi connectivity index (χ1v) is 8.13. The van der Waals surface area contributed by atoms with Crippen LogP contribution in [0.1, 0.15) is 32.3 Å². The Morgan fingerprint density at radius 1 is 1.40 bits per heavy atom. The van der Waals surface area contributed by atoms with Crippen molar-refractivity contribution in [3.05, 3.63) is 34.3 Å². The minimum atomic E-state index is 0. The molecule has 2 nitrogen and oxygen atoms in total. The van der Waals surface area contributed by atoms with Crippen molar-refractivity contribution in [3.63, 3.8) is 0 Å². The van der Waals surface area contributed by atoms with Crippen LogP contribution in [0.2, 0.25) is 0 Å². The lowest BCUT2D eigenvalue weighted by atomic mass is 9.98. The molecule has 114 valence electrons. The van der Waals surface area contributed by atoms with Crippen LogP contribution in [0.15, 0.2) is 28.7 Å². The molecule has 0 aliphatic carbocycles. The number of benzene rings is 1. The van der Waals surface area contributed by atoms with Gasteiger partial charge >= 0.3 is 0 Å². The van der Waals surface area contributed by atoms with Crippen molar-refractivity contribution in [2.75, 3.05) is 19.6 Å². The highest BCUT2D eigenvalue weighted by Crippen LogP contribution is 2.18. The predicted molar refractivity (Wildman–Crippen MR) is 92.5 cm³/mol. The minimum absolute atomic E-state index is 0. The Kier molecular flexibility index (Phi) is 8.11. The van der Waals surface area contributed by atoms with Crippen LogP contribution in [0.4, 0.5) is 0 Å². The third-order valence-electron chi connectivity index (χ3n) is 3.90. The monoisotopic (exact) mass is 360 g/mol. The molecule has 1 unspecified atom stereocenters. The standard InChI is InChI=1S/C16H25BrN2.ClH/c1-13(2)19(12-15-6-4-8-18-10-15)11-14-5-3-7-16(17)9-14;/h3,5,7,9,13,15,18H,4,6,8,10-12H2,1-2H3;1H. The van der Waals surface area contributed by atoms with Gasteiger partial charge in [0, 0.05) is 23.6 Å². The molecule has 0 spiro atoms. The summed E-state index contributed by atoms with van der Waals surface area (Å²) in [6.07, 6.45) is 2.70. The van der Waals surface area contributed by atoms with Gasteiger partial charge in [-0.1, -0.05) is 28.1 Å². The third-order valence-corrected chi connectivity index (χ3v) is 4.39. The topological polar surface area (TPSA) is 15.3 Å². The van der Waals surface area contributed by atoms with E-state index in [0.717, 1.165) is 12.5 Å². The van der Waals surface area contributed by atoms with E-state index in [1.165, 1.54) is 42.5 Å². The van der Waals surface area contributed by atoms with Crippen LogP contribution in [0.5, 0.6) is 0 Å². The fourth-order valence-corrected chi connectivity index (χ4v) is 3.19. The highest BCUT2D eigenvalue weighted by atomic mass is 79.9. The smallest absolute Gasteiger partial charge is 0.0236 e. The van der Waals surface area contributed by atoms with E-state index in [1.807, 2.05) is 0 Å². The molecule has 1 aliphatic rings.